The Morgan fingerprint density at radius 3 is 2.47 bits per heavy atom. The summed E-state index contributed by atoms with van der Waals surface area (Å²) in [5.74, 6) is 0. The molecule has 4 heteroatoms. The Bertz CT molecular complexity index is 123. The molecule has 0 heterocycles. The summed E-state index contributed by atoms with van der Waals surface area (Å²) < 4.78 is 10.3. The zero-order valence-electron chi connectivity index (χ0n) is 10.4. The van der Waals surface area contributed by atoms with Crippen LogP contribution in [0.5, 0.6) is 0 Å². The number of nitrogens with one attached hydrogen (secondary N) is 1. The van der Waals surface area contributed by atoms with E-state index in [4.69, 9.17) is 9.47 Å². The van der Waals surface area contributed by atoms with Gasteiger partial charge in [-0.15, -0.1) is 0 Å². The molecule has 0 aliphatic rings. The monoisotopic (exact) mass is 218 g/mol. The van der Waals surface area contributed by atoms with Crippen molar-refractivity contribution in [1.82, 2.24) is 10.2 Å². The summed E-state index contributed by atoms with van der Waals surface area (Å²) in [7, 11) is 1.74. The lowest BCUT2D eigenvalue weighted by Crippen LogP contribution is -2.35. The number of ether oxygens (including phenoxy) is 2. The molecule has 15 heavy (non-hydrogen) atoms. The third-order valence-corrected chi connectivity index (χ3v) is 2.29. The van der Waals surface area contributed by atoms with E-state index in [2.05, 4.69) is 17.1 Å². The Kier molecular flexibility index (Phi) is 11.8. The van der Waals surface area contributed by atoms with Crippen LogP contribution in [0, 0.1) is 0 Å². The van der Waals surface area contributed by atoms with Gasteiger partial charge in [0, 0.05) is 39.9 Å². The fourth-order valence-electron chi connectivity index (χ4n) is 1.30. The predicted molar refractivity (Wildman–Crippen MR) is 63.4 cm³/mol. The second-order valence-electron chi connectivity index (χ2n) is 3.37. The van der Waals surface area contributed by atoms with Crippen LogP contribution in [0.2, 0.25) is 0 Å². The molecule has 0 aromatic heterocycles. The third kappa shape index (κ3) is 10.1. The normalized spacial score (nSPS) is 11.2. The van der Waals surface area contributed by atoms with E-state index in [1.54, 1.807) is 7.11 Å². The molecule has 0 saturated heterocycles. The molecule has 0 fully saturated rings. The molecule has 0 radical (unpaired) electrons. The quantitative estimate of drug-likeness (QED) is 0.514. The fourth-order valence-corrected chi connectivity index (χ4v) is 1.30. The van der Waals surface area contributed by atoms with Crippen LogP contribution >= 0.6 is 0 Å². The largest absolute Gasteiger partial charge is 0.383 e. The first-order valence-corrected chi connectivity index (χ1v) is 5.84. The molecule has 0 aromatic rings. The van der Waals surface area contributed by atoms with Crippen LogP contribution in [0.3, 0.4) is 0 Å². The van der Waals surface area contributed by atoms with Crippen molar-refractivity contribution in [2.75, 3.05) is 59.7 Å². The lowest BCUT2D eigenvalue weighted by molar-refractivity contribution is 0.142. The third-order valence-electron chi connectivity index (χ3n) is 2.29. The highest BCUT2D eigenvalue weighted by Crippen LogP contribution is 1.86. The van der Waals surface area contributed by atoms with Gasteiger partial charge in [0.1, 0.15) is 0 Å². The zero-order valence-corrected chi connectivity index (χ0v) is 10.4. The minimum absolute atomic E-state index is 0.802. The lowest BCUT2D eigenvalue weighted by Gasteiger charge is -2.19. The maximum Gasteiger partial charge on any atom is 0.0590 e. The Labute approximate surface area is 93.9 Å². The van der Waals surface area contributed by atoms with Gasteiger partial charge >= 0.3 is 0 Å². The van der Waals surface area contributed by atoms with Crippen molar-refractivity contribution in [2.45, 2.75) is 13.8 Å². The van der Waals surface area contributed by atoms with E-state index in [-0.39, 0.29) is 0 Å². The zero-order chi connectivity index (χ0) is 11.4. The number of likely N-dealkylation sites (N-methyl/N-ethyl adjacent to an activating group) is 1. The van der Waals surface area contributed by atoms with Crippen molar-refractivity contribution in [3.8, 4) is 0 Å². The highest BCUT2D eigenvalue weighted by Gasteiger charge is 2.00. The minimum Gasteiger partial charge on any atom is -0.383 e. The van der Waals surface area contributed by atoms with Gasteiger partial charge in [0.25, 0.3) is 0 Å². The molecule has 0 aromatic carbocycles. The van der Waals surface area contributed by atoms with E-state index >= 15 is 0 Å². The van der Waals surface area contributed by atoms with Crippen LogP contribution in [-0.2, 0) is 9.47 Å². The maximum atomic E-state index is 5.24. The molecule has 1 N–H and O–H groups in total. The molecule has 0 spiro atoms. The Hall–Kier alpha value is -0.160. The van der Waals surface area contributed by atoms with Gasteiger partial charge in [0.05, 0.1) is 13.2 Å². The van der Waals surface area contributed by atoms with Gasteiger partial charge in [-0.2, -0.15) is 0 Å². The number of rotatable bonds is 11. The van der Waals surface area contributed by atoms with Crippen molar-refractivity contribution >= 4 is 0 Å². The summed E-state index contributed by atoms with van der Waals surface area (Å²) in [5.41, 5.74) is 0. The number of methoxy groups -OCH3 is 1. The standard InChI is InChI=1S/C11H26N2O2/c1-4-13(9-11-14-3)8-6-12-7-10-15-5-2/h12H,4-11H2,1-3H3. The second-order valence-corrected chi connectivity index (χ2v) is 3.37. The summed E-state index contributed by atoms with van der Waals surface area (Å²) in [6, 6.07) is 0. The van der Waals surface area contributed by atoms with E-state index in [1.807, 2.05) is 6.92 Å². The highest BCUT2D eigenvalue weighted by molar-refractivity contribution is 4.57. The van der Waals surface area contributed by atoms with Gasteiger partial charge in [-0.1, -0.05) is 6.92 Å². The van der Waals surface area contributed by atoms with E-state index in [9.17, 15) is 0 Å². The molecule has 0 unspecified atom stereocenters. The van der Waals surface area contributed by atoms with Crippen LogP contribution in [0.25, 0.3) is 0 Å². The fraction of sp³-hybridized carbons (Fsp3) is 1.00. The minimum atomic E-state index is 0.802. The van der Waals surface area contributed by atoms with Crippen molar-refractivity contribution < 1.29 is 9.47 Å². The Morgan fingerprint density at radius 2 is 1.87 bits per heavy atom. The van der Waals surface area contributed by atoms with Gasteiger partial charge < -0.3 is 19.7 Å². The molecule has 0 aliphatic heterocycles. The van der Waals surface area contributed by atoms with E-state index in [0.717, 1.165) is 52.5 Å². The van der Waals surface area contributed by atoms with Crippen LogP contribution in [0.1, 0.15) is 13.8 Å². The van der Waals surface area contributed by atoms with Crippen LogP contribution in [0.4, 0.5) is 0 Å². The van der Waals surface area contributed by atoms with E-state index < -0.39 is 0 Å². The Balaban J connectivity index is 3.22. The smallest absolute Gasteiger partial charge is 0.0590 e. The van der Waals surface area contributed by atoms with Crippen molar-refractivity contribution in [1.29, 1.82) is 0 Å². The van der Waals surface area contributed by atoms with Gasteiger partial charge in [-0.3, -0.25) is 0 Å². The average molecular weight is 218 g/mol. The molecular formula is C11H26N2O2. The predicted octanol–water partition coefficient (Wildman–Crippen LogP) is 0.581. The molecule has 0 aliphatic carbocycles. The van der Waals surface area contributed by atoms with Gasteiger partial charge in [0.15, 0.2) is 0 Å². The summed E-state index contributed by atoms with van der Waals surface area (Å²) >= 11 is 0. The Morgan fingerprint density at radius 1 is 1.07 bits per heavy atom. The number of nitrogens with zero attached hydrogens (tertiary/aromatic N) is 1. The molecule has 92 valence electrons. The number of hydrogen-bond donors (Lipinski definition) is 1. The first kappa shape index (κ1) is 14.8. The first-order chi connectivity index (χ1) is 7.35. The van der Waals surface area contributed by atoms with Crippen molar-refractivity contribution in [3.63, 3.8) is 0 Å². The van der Waals surface area contributed by atoms with E-state index in [0.29, 0.717) is 0 Å². The average Bonchev–Trinajstić information content (AvgIpc) is 2.27. The first-order valence-electron chi connectivity index (χ1n) is 5.84. The van der Waals surface area contributed by atoms with Gasteiger partial charge in [-0.05, 0) is 13.5 Å². The maximum absolute atomic E-state index is 5.24. The molecule has 0 rings (SSSR count). The van der Waals surface area contributed by atoms with Crippen LogP contribution in [-0.4, -0.2) is 64.6 Å². The SMILES string of the molecule is CCOCCNCCN(CC)CCOC. The topological polar surface area (TPSA) is 33.7 Å². The molecule has 0 bridgehead atoms. The van der Waals surface area contributed by atoms with Crippen molar-refractivity contribution in [2.24, 2.45) is 0 Å². The molecule has 0 saturated carbocycles. The van der Waals surface area contributed by atoms with E-state index in [1.165, 1.54) is 0 Å². The van der Waals surface area contributed by atoms with Crippen LogP contribution < -0.4 is 5.32 Å². The summed E-state index contributed by atoms with van der Waals surface area (Å²) in [6.45, 7) is 11.7. The van der Waals surface area contributed by atoms with Crippen LogP contribution in [0.15, 0.2) is 0 Å². The second kappa shape index (κ2) is 11.9. The van der Waals surface area contributed by atoms with Gasteiger partial charge in [0.2, 0.25) is 0 Å². The summed E-state index contributed by atoms with van der Waals surface area (Å²) in [6.07, 6.45) is 0. The molecule has 0 atom stereocenters. The molecule has 4 nitrogen and oxygen atoms in total. The molecule has 0 amide bonds. The highest BCUT2D eigenvalue weighted by atomic mass is 16.5. The number of hydrogen-bond acceptors (Lipinski definition) is 4. The molecular weight excluding hydrogens is 192 g/mol. The van der Waals surface area contributed by atoms with Gasteiger partial charge in [-0.25, -0.2) is 0 Å². The summed E-state index contributed by atoms with van der Waals surface area (Å²) in [4.78, 5) is 2.37. The van der Waals surface area contributed by atoms with Crippen molar-refractivity contribution in [3.05, 3.63) is 0 Å². The summed E-state index contributed by atoms with van der Waals surface area (Å²) in [5, 5.41) is 3.35. The lowest BCUT2D eigenvalue weighted by atomic mass is 10.4.